The summed E-state index contributed by atoms with van der Waals surface area (Å²) in [6.07, 6.45) is 8.29. The van der Waals surface area contributed by atoms with Crippen LogP contribution in [0.1, 0.15) is 32.1 Å². The van der Waals surface area contributed by atoms with Crippen LogP contribution in [0.25, 0.3) is 0 Å². The van der Waals surface area contributed by atoms with Crippen LogP contribution in [0.4, 0.5) is 11.5 Å². The number of hydrogen-bond acceptors (Lipinski definition) is 5. The summed E-state index contributed by atoms with van der Waals surface area (Å²) in [5.74, 6) is 0.340. The highest BCUT2D eigenvalue weighted by Gasteiger charge is 2.19. The highest BCUT2D eigenvalue weighted by molar-refractivity contribution is 5.54. The van der Waals surface area contributed by atoms with E-state index >= 15 is 0 Å². The molecule has 1 aromatic heterocycles. The second-order valence-corrected chi connectivity index (χ2v) is 3.99. The Hall–Kier alpha value is -1.72. The molecule has 0 radical (unpaired) electrons. The second-order valence-electron chi connectivity index (χ2n) is 3.99. The van der Waals surface area contributed by atoms with Crippen molar-refractivity contribution in [3.63, 3.8) is 0 Å². The average Bonchev–Trinajstić information content (AvgIpc) is 2.31. The molecule has 6 heteroatoms. The zero-order valence-corrected chi connectivity index (χ0v) is 8.93. The summed E-state index contributed by atoms with van der Waals surface area (Å²) in [5, 5.41) is 13.9. The molecule has 0 atom stereocenters. The standard InChI is InChI=1S/C10H14N4O2/c15-14(16)9-6-11-7-12-10(9)13-8-4-2-1-3-5-8/h6-8H,1-5H2,(H,11,12,13). The molecule has 86 valence electrons. The summed E-state index contributed by atoms with van der Waals surface area (Å²) in [6, 6.07) is 0.308. The monoisotopic (exact) mass is 222 g/mol. The molecule has 0 aliphatic heterocycles. The van der Waals surface area contributed by atoms with E-state index in [1.165, 1.54) is 31.8 Å². The van der Waals surface area contributed by atoms with Crippen molar-refractivity contribution in [3.05, 3.63) is 22.6 Å². The Balaban J connectivity index is 2.10. The summed E-state index contributed by atoms with van der Waals surface area (Å²) in [7, 11) is 0. The molecule has 1 N–H and O–H groups in total. The summed E-state index contributed by atoms with van der Waals surface area (Å²) < 4.78 is 0. The zero-order valence-electron chi connectivity index (χ0n) is 8.93. The Labute approximate surface area is 93.3 Å². The van der Waals surface area contributed by atoms with Gasteiger partial charge in [-0.25, -0.2) is 9.97 Å². The van der Waals surface area contributed by atoms with Gasteiger partial charge in [0.15, 0.2) is 0 Å². The third kappa shape index (κ3) is 2.44. The predicted octanol–water partition coefficient (Wildman–Crippen LogP) is 2.13. The van der Waals surface area contributed by atoms with Crippen molar-refractivity contribution >= 4 is 11.5 Å². The summed E-state index contributed by atoms with van der Waals surface area (Å²) in [5.41, 5.74) is -0.0481. The quantitative estimate of drug-likeness (QED) is 0.625. The normalized spacial score (nSPS) is 17.0. The van der Waals surface area contributed by atoms with Gasteiger partial charge in [0.2, 0.25) is 5.82 Å². The number of nitro groups is 1. The first kappa shape index (κ1) is 10.8. The molecule has 1 aliphatic rings. The van der Waals surface area contributed by atoms with E-state index in [1.807, 2.05) is 0 Å². The highest BCUT2D eigenvalue weighted by Crippen LogP contribution is 2.25. The maximum absolute atomic E-state index is 10.7. The highest BCUT2D eigenvalue weighted by atomic mass is 16.6. The number of nitrogens with zero attached hydrogens (tertiary/aromatic N) is 3. The Morgan fingerprint density at radius 2 is 2.12 bits per heavy atom. The molecule has 1 aromatic rings. The molecule has 0 aromatic carbocycles. The van der Waals surface area contributed by atoms with Gasteiger partial charge in [-0.1, -0.05) is 19.3 Å². The Morgan fingerprint density at radius 3 is 2.81 bits per heavy atom. The third-order valence-electron chi connectivity index (χ3n) is 2.84. The summed E-state index contributed by atoms with van der Waals surface area (Å²) >= 11 is 0. The molecule has 6 nitrogen and oxygen atoms in total. The number of rotatable bonds is 3. The molecule has 0 amide bonds. The summed E-state index contributed by atoms with van der Waals surface area (Å²) in [6.45, 7) is 0. The molecule has 0 saturated heterocycles. The molecule has 1 aliphatic carbocycles. The number of aromatic nitrogens is 2. The largest absolute Gasteiger partial charge is 0.362 e. The predicted molar refractivity (Wildman–Crippen MR) is 59.2 cm³/mol. The SMILES string of the molecule is O=[N+]([O-])c1cncnc1NC1CCCCC1. The van der Waals surface area contributed by atoms with E-state index in [0.29, 0.717) is 11.9 Å². The molecular formula is C10H14N4O2. The van der Waals surface area contributed by atoms with Crippen LogP contribution in [0.2, 0.25) is 0 Å². The third-order valence-corrected chi connectivity index (χ3v) is 2.84. The van der Waals surface area contributed by atoms with Crippen LogP contribution < -0.4 is 5.32 Å². The van der Waals surface area contributed by atoms with Crippen LogP contribution >= 0.6 is 0 Å². The van der Waals surface area contributed by atoms with Crippen LogP contribution in [0, 0.1) is 10.1 Å². The number of hydrogen-bond donors (Lipinski definition) is 1. The first-order valence-corrected chi connectivity index (χ1v) is 5.48. The van der Waals surface area contributed by atoms with Crippen LogP contribution in [-0.4, -0.2) is 20.9 Å². The van der Waals surface area contributed by atoms with Gasteiger partial charge in [0, 0.05) is 6.04 Å². The van der Waals surface area contributed by atoms with Crippen LogP contribution in [-0.2, 0) is 0 Å². The van der Waals surface area contributed by atoms with Crippen molar-refractivity contribution in [1.82, 2.24) is 9.97 Å². The van der Waals surface area contributed by atoms with Crippen molar-refractivity contribution in [2.45, 2.75) is 38.1 Å². The van der Waals surface area contributed by atoms with E-state index in [2.05, 4.69) is 15.3 Å². The molecule has 0 bridgehead atoms. The van der Waals surface area contributed by atoms with Gasteiger partial charge in [-0.2, -0.15) is 0 Å². The minimum Gasteiger partial charge on any atom is -0.362 e. The van der Waals surface area contributed by atoms with Gasteiger partial charge < -0.3 is 5.32 Å². The Morgan fingerprint density at radius 1 is 1.38 bits per heavy atom. The lowest BCUT2D eigenvalue weighted by Gasteiger charge is -2.22. The molecule has 1 heterocycles. The lowest BCUT2D eigenvalue weighted by molar-refractivity contribution is -0.384. The number of anilines is 1. The first-order valence-electron chi connectivity index (χ1n) is 5.48. The topological polar surface area (TPSA) is 81.0 Å². The van der Waals surface area contributed by atoms with Gasteiger partial charge in [0.25, 0.3) is 0 Å². The van der Waals surface area contributed by atoms with Crippen molar-refractivity contribution in [1.29, 1.82) is 0 Å². The first-order chi connectivity index (χ1) is 7.77. The van der Waals surface area contributed by atoms with Crippen molar-refractivity contribution in [2.24, 2.45) is 0 Å². The molecule has 1 fully saturated rings. The maximum atomic E-state index is 10.7. The molecule has 1 saturated carbocycles. The van der Waals surface area contributed by atoms with Crippen LogP contribution in [0.5, 0.6) is 0 Å². The summed E-state index contributed by atoms with van der Waals surface area (Å²) in [4.78, 5) is 17.9. The lowest BCUT2D eigenvalue weighted by Crippen LogP contribution is -2.23. The molecule has 0 spiro atoms. The molecule has 2 rings (SSSR count). The zero-order chi connectivity index (χ0) is 11.4. The minimum atomic E-state index is -0.453. The van der Waals surface area contributed by atoms with Gasteiger partial charge in [-0.15, -0.1) is 0 Å². The van der Waals surface area contributed by atoms with Crippen molar-refractivity contribution in [2.75, 3.05) is 5.32 Å². The lowest BCUT2D eigenvalue weighted by atomic mass is 9.95. The number of nitrogens with one attached hydrogen (secondary N) is 1. The molecular weight excluding hydrogens is 208 g/mol. The van der Waals surface area contributed by atoms with Gasteiger partial charge in [-0.3, -0.25) is 10.1 Å². The van der Waals surface area contributed by atoms with E-state index in [4.69, 9.17) is 0 Å². The van der Waals surface area contributed by atoms with Crippen LogP contribution in [0.15, 0.2) is 12.5 Å². The Kier molecular flexibility index (Phi) is 3.28. The van der Waals surface area contributed by atoms with Crippen LogP contribution in [0.3, 0.4) is 0 Å². The van der Waals surface area contributed by atoms with Gasteiger partial charge >= 0.3 is 5.69 Å². The van der Waals surface area contributed by atoms with Gasteiger partial charge in [0.1, 0.15) is 12.5 Å². The smallest absolute Gasteiger partial charge is 0.329 e. The van der Waals surface area contributed by atoms with E-state index < -0.39 is 4.92 Å². The van der Waals surface area contributed by atoms with Gasteiger partial charge in [-0.05, 0) is 12.8 Å². The average molecular weight is 222 g/mol. The van der Waals surface area contributed by atoms with E-state index in [0.717, 1.165) is 12.8 Å². The minimum absolute atomic E-state index is 0.0481. The fourth-order valence-electron chi connectivity index (χ4n) is 2.01. The fraction of sp³-hybridized carbons (Fsp3) is 0.600. The molecule has 0 unspecified atom stereocenters. The van der Waals surface area contributed by atoms with E-state index in [1.54, 1.807) is 0 Å². The fourth-order valence-corrected chi connectivity index (χ4v) is 2.01. The molecule has 16 heavy (non-hydrogen) atoms. The van der Waals surface area contributed by atoms with E-state index in [9.17, 15) is 10.1 Å². The maximum Gasteiger partial charge on any atom is 0.329 e. The Bertz CT molecular complexity index is 377. The van der Waals surface area contributed by atoms with Crippen molar-refractivity contribution in [3.8, 4) is 0 Å². The van der Waals surface area contributed by atoms with Gasteiger partial charge in [0.05, 0.1) is 4.92 Å². The van der Waals surface area contributed by atoms with Crippen molar-refractivity contribution < 1.29 is 4.92 Å². The second kappa shape index (κ2) is 4.87. The van der Waals surface area contributed by atoms with E-state index in [-0.39, 0.29) is 5.69 Å².